The first kappa shape index (κ1) is 15.9. The summed E-state index contributed by atoms with van der Waals surface area (Å²) >= 11 is 0. The van der Waals surface area contributed by atoms with Crippen LogP contribution in [0, 0.1) is 5.41 Å². The highest BCUT2D eigenvalue weighted by Crippen LogP contribution is 2.28. The molecule has 0 aliphatic heterocycles. The second kappa shape index (κ2) is 8.09. The minimum atomic E-state index is -1.36. The van der Waals surface area contributed by atoms with Gasteiger partial charge in [0, 0.05) is 0 Å². The van der Waals surface area contributed by atoms with E-state index in [1.807, 2.05) is 0 Å². The second-order valence-corrected chi connectivity index (χ2v) is 4.29. The van der Waals surface area contributed by atoms with Crippen molar-refractivity contribution in [1.82, 2.24) is 0 Å². The van der Waals surface area contributed by atoms with E-state index in [9.17, 15) is 9.59 Å². The molecule has 0 radical (unpaired) electrons. The van der Waals surface area contributed by atoms with Crippen LogP contribution in [-0.4, -0.2) is 23.7 Å². The molecular weight excluding hydrogens is 220 g/mol. The van der Waals surface area contributed by atoms with Gasteiger partial charge in [-0.15, -0.1) is 0 Å². The Morgan fingerprint density at radius 1 is 1.06 bits per heavy atom. The first-order chi connectivity index (χ1) is 8.05. The maximum atomic E-state index is 11.8. The summed E-state index contributed by atoms with van der Waals surface area (Å²) in [5.74, 6) is -1.67. The van der Waals surface area contributed by atoms with Gasteiger partial charge in [0.2, 0.25) is 0 Å². The number of aliphatic carboxylic acids is 1. The van der Waals surface area contributed by atoms with E-state index in [0.717, 1.165) is 25.7 Å². The number of carboxylic acid groups (broad SMARTS) is 1. The van der Waals surface area contributed by atoms with E-state index in [2.05, 4.69) is 6.92 Å². The molecule has 0 aliphatic carbocycles. The van der Waals surface area contributed by atoms with E-state index in [1.165, 1.54) is 0 Å². The first-order valence-corrected chi connectivity index (χ1v) is 6.45. The van der Waals surface area contributed by atoms with Gasteiger partial charge in [0.25, 0.3) is 0 Å². The summed E-state index contributed by atoms with van der Waals surface area (Å²) in [6.07, 6.45) is 4.60. The van der Waals surface area contributed by atoms with Crippen LogP contribution in [0.25, 0.3) is 0 Å². The average molecular weight is 244 g/mol. The van der Waals surface area contributed by atoms with Crippen LogP contribution < -0.4 is 0 Å². The minimum absolute atomic E-state index is 0.270. The molecule has 0 aromatic carbocycles. The number of ether oxygens (including phenoxy) is 1. The summed E-state index contributed by atoms with van der Waals surface area (Å²) in [6, 6.07) is 0. The van der Waals surface area contributed by atoms with E-state index in [4.69, 9.17) is 9.84 Å². The molecule has 17 heavy (non-hydrogen) atoms. The van der Waals surface area contributed by atoms with Crippen LogP contribution in [0.4, 0.5) is 0 Å². The Morgan fingerprint density at radius 3 is 2.06 bits per heavy atom. The largest absolute Gasteiger partial charge is 0.480 e. The monoisotopic (exact) mass is 244 g/mol. The van der Waals surface area contributed by atoms with Gasteiger partial charge < -0.3 is 9.84 Å². The Kier molecular flexibility index (Phi) is 7.59. The smallest absolute Gasteiger partial charge is 0.323 e. The highest BCUT2D eigenvalue weighted by atomic mass is 16.5. The van der Waals surface area contributed by atoms with Crippen LogP contribution in [0.5, 0.6) is 0 Å². The fourth-order valence-electron chi connectivity index (χ4n) is 1.76. The summed E-state index contributed by atoms with van der Waals surface area (Å²) in [5, 5.41) is 9.13. The number of hydrogen-bond donors (Lipinski definition) is 1. The van der Waals surface area contributed by atoms with Crippen LogP contribution in [0.3, 0.4) is 0 Å². The van der Waals surface area contributed by atoms with E-state index < -0.39 is 17.4 Å². The third-order valence-electron chi connectivity index (χ3n) is 3.24. The first-order valence-electron chi connectivity index (χ1n) is 6.45. The number of carboxylic acids is 1. The van der Waals surface area contributed by atoms with Crippen LogP contribution >= 0.6 is 0 Å². The Bertz CT molecular complexity index is 244. The van der Waals surface area contributed by atoms with E-state index in [-0.39, 0.29) is 12.8 Å². The predicted octanol–water partition coefficient (Wildman–Crippen LogP) is 3.00. The lowest BCUT2D eigenvalue weighted by Gasteiger charge is -2.24. The minimum Gasteiger partial charge on any atom is -0.480 e. The lowest BCUT2D eigenvalue weighted by Crippen LogP contribution is -2.39. The van der Waals surface area contributed by atoms with Crippen LogP contribution in [0.1, 0.15) is 59.3 Å². The van der Waals surface area contributed by atoms with Crippen molar-refractivity contribution in [3.63, 3.8) is 0 Å². The third-order valence-corrected chi connectivity index (χ3v) is 3.24. The zero-order valence-corrected chi connectivity index (χ0v) is 11.1. The molecule has 0 amide bonds. The van der Waals surface area contributed by atoms with E-state index >= 15 is 0 Å². The third kappa shape index (κ3) is 4.36. The van der Waals surface area contributed by atoms with Crippen molar-refractivity contribution in [2.24, 2.45) is 5.41 Å². The van der Waals surface area contributed by atoms with E-state index in [0.29, 0.717) is 6.61 Å². The summed E-state index contributed by atoms with van der Waals surface area (Å²) in [6.45, 7) is 5.84. The van der Waals surface area contributed by atoms with Gasteiger partial charge >= 0.3 is 11.9 Å². The van der Waals surface area contributed by atoms with Crippen molar-refractivity contribution in [3.8, 4) is 0 Å². The van der Waals surface area contributed by atoms with Crippen molar-refractivity contribution < 1.29 is 19.4 Å². The molecular formula is C13H24O4. The van der Waals surface area contributed by atoms with Gasteiger partial charge in [0.15, 0.2) is 5.41 Å². The van der Waals surface area contributed by atoms with Crippen molar-refractivity contribution in [3.05, 3.63) is 0 Å². The maximum absolute atomic E-state index is 11.8. The van der Waals surface area contributed by atoms with Gasteiger partial charge in [-0.1, -0.05) is 40.0 Å². The SMILES string of the molecule is CCCCCCOC(=O)C(CC)(CC)C(=O)O. The molecule has 4 heteroatoms. The second-order valence-electron chi connectivity index (χ2n) is 4.29. The molecule has 1 N–H and O–H groups in total. The molecule has 0 saturated carbocycles. The van der Waals surface area contributed by atoms with Gasteiger partial charge in [0.05, 0.1) is 6.61 Å². The number of carbonyl (C=O) groups excluding carboxylic acids is 1. The highest BCUT2D eigenvalue weighted by molar-refractivity contribution is 5.99. The Labute approximate surface area is 103 Å². The Hall–Kier alpha value is -1.06. The highest BCUT2D eigenvalue weighted by Gasteiger charge is 2.44. The molecule has 0 rings (SSSR count). The van der Waals surface area contributed by atoms with Crippen molar-refractivity contribution in [2.45, 2.75) is 59.3 Å². The number of esters is 1. The molecule has 0 aliphatic rings. The van der Waals surface area contributed by atoms with Crippen LogP contribution in [0.15, 0.2) is 0 Å². The summed E-state index contributed by atoms with van der Waals surface area (Å²) in [5.41, 5.74) is -1.36. The molecule has 0 heterocycles. The molecule has 0 fully saturated rings. The molecule has 0 aromatic rings. The molecule has 0 atom stereocenters. The van der Waals surface area contributed by atoms with Gasteiger partial charge in [-0.2, -0.15) is 0 Å². The lowest BCUT2D eigenvalue weighted by molar-refractivity contribution is -0.169. The number of rotatable bonds is 9. The summed E-state index contributed by atoms with van der Waals surface area (Å²) in [4.78, 5) is 23.0. The van der Waals surface area contributed by atoms with Crippen LogP contribution in [-0.2, 0) is 14.3 Å². The molecule has 0 saturated heterocycles. The van der Waals surface area contributed by atoms with Gasteiger partial charge in [-0.05, 0) is 19.3 Å². The molecule has 0 spiro atoms. The van der Waals surface area contributed by atoms with Crippen molar-refractivity contribution in [2.75, 3.05) is 6.61 Å². The Balaban J connectivity index is 4.21. The van der Waals surface area contributed by atoms with Gasteiger partial charge in [0.1, 0.15) is 0 Å². The average Bonchev–Trinajstić information content (AvgIpc) is 2.30. The number of hydrogen-bond acceptors (Lipinski definition) is 3. The zero-order valence-electron chi connectivity index (χ0n) is 11.1. The fourth-order valence-corrected chi connectivity index (χ4v) is 1.76. The molecule has 4 nitrogen and oxygen atoms in total. The normalized spacial score (nSPS) is 11.2. The van der Waals surface area contributed by atoms with Crippen molar-refractivity contribution in [1.29, 1.82) is 0 Å². The summed E-state index contributed by atoms with van der Waals surface area (Å²) in [7, 11) is 0. The maximum Gasteiger partial charge on any atom is 0.323 e. The van der Waals surface area contributed by atoms with Crippen molar-refractivity contribution >= 4 is 11.9 Å². The number of carbonyl (C=O) groups is 2. The Morgan fingerprint density at radius 2 is 1.65 bits per heavy atom. The topological polar surface area (TPSA) is 63.6 Å². The molecule has 0 aromatic heterocycles. The zero-order chi connectivity index (χ0) is 13.3. The van der Waals surface area contributed by atoms with Gasteiger partial charge in [-0.3, -0.25) is 9.59 Å². The molecule has 100 valence electrons. The molecule has 0 unspecified atom stereocenters. The molecule has 0 bridgehead atoms. The van der Waals surface area contributed by atoms with E-state index in [1.54, 1.807) is 13.8 Å². The van der Waals surface area contributed by atoms with Gasteiger partial charge in [-0.25, -0.2) is 0 Å². The predicted molar refractivity (Wildman–Crippen MR) is 65.8 cm³/mol. The summed E-state index contributed by atoms with van der Waals surface area (Å²) < 4.78 is 5.08. The standard InChI is InChI=1S/C13H24O4/c1-4-7-8-9-10-17-12(16)13(5-2,6-3)11(14)15/h4-10H2,1-3H3,(H,14,15). The quantitative estimate of drug-likeness (QED) is 0.385. The fraction of sp³-hybridized carbons (Fsp3) is 0.846. The van der Waals surface area contributed by atoms with Crippen LogP contribution in [0.2, 0.25) is 0 Å². The number of unbranched alkanes of at least 4 members (excludes halogenated alkanes) is 3. The lowest BCUT2D eigenvalue weighted by atomic mass is 9.82.